The fraction of sp³-hybridized carbons (Fsp3) is 0.321. The Kier molecular flexibility index (Phi) is 6.74. The highest BCUT2D eigenvalue weighted by atomic mass is 16.4. The number of benzene rings is 2. The highest BCUT2D eigenvalue weighted by Gasteiger charge is 2.18. The molecule has 3 heterocycles. The third-order valence-electron chi connectivity index (χ3n) is 6.83. The third-order valence-corrected chi connectivity index (χ3v) is 6.83. The number of hydrogen-bond acceptors (Lipinski definition) is 6. The number of nitrogens with zero attached hydrogens (tertiary/aromatic N) is 3. The molecule has 2 aromatic carbocycles. The minimum absolute atomic E-state index is 0. The van der Waals surface area contributed by atoms with Gasteiger partial charge in [0, 0.05) is 62.7 Å². The van der Waals surface area contributed by atoms with Gasteiger partial charge in [-0.25, -0.2) is 4.79 Å². The number of hydrogen-bond donors (Lipinski definition) is 2. The minimum atomic E-state index is -0.546. The van der Waals surface area contributed by atoms with Crippen LogP contribution in [0.3, 0.4) is 0 Å². The van der Waals surface area contributed by atoms with E-state index in [1.165, 1.54) is 12.5 Å². The quantitative estimate of drug-likeness (QED) is 0.295. The van der Waals surface area contributed by atoms with Gasteiger partial charge in [-0.3, -0.25) is 9.69 Å². The zero-order valence-electron chi connectivity index (χ0n) is 20.3. The van der Waals surface area contributed by atoms with Gasteiger partial charge in [-0.1, -0.05) is 0 Å². The molecule has 2 N–H and O–H groups in total. The maximum absolute atomic E-state index is 12.0. The van der Waals surface area contributed by atoms with Gasteiger partial charge in [0.15, 0.2) is 0 Å². The summed E-state index contributed by atoms with van der Waals surface area (Å²) in [6.45, 7) is 6.30. The van der Waals surface area contributed by atoms with Crippen LogP contribution in [0.4, 0.5) is 11.4 Å². The number of amides is 1. The number of piperazine rings is 1. The van der Waals surface area contributed by atoms with Gasteiger partial charge in [0.1, 0.15) is 11.3 Å². The van der Waals surface area contributed by atoms with Gasteiger partial charge in [0.2, 0.25) is 5.91 Å². The molecule has 0 unspecified atom stereocenters. The number of fused-ring (bicyclic) bond motifs is 2. The first-order valence-electron chi connectivity index (χ1n) is 12.3. The molecule has 0 bridgehead atoms. The smallest absolute Gasteiger partial charge is 0.360 e. The SMILES string of the molecule is CC(=O)Nc1cc2cc(N3CCN(CCCCc4c[nH]c5ccc(C#N)cc45)CC3)ccc2oc1=O.[HH]. The van der Waals surface area contributed by atoms with E-state index in [0.717, 1.165) is 74.0 Å². The molecule has 0 aliphatic carbocycles. The molecule has 1 saturated heterocycles. The normalized spacial score (nSPS) is 14.3. The third kappa shape index (κ3) is 5.11. The minimum Gasteiger partial charge on any atom is -0.421 e. The summed E-state index contributed by atoms with van der Waals surface area (Å²) in [5, 5.41) is 13.7. The molecule has 8 heteroatoms. The van der Waals surface area contributed by atoms with Gasteiger partial charge in [-0.2, -0.15) is 5.26 Å². The van der Waals surface area contributed by atoms with E-state index < -0.39 is 5.63 Å². The van der Waals surface area contributed by atoms with Crippen molar-refractivity contribution in [2.45, 2.75) is 26.2 Å². The molecule has 1 amide bonds. The molecule has 0 radical (unpaired) electrons. The molecule has 1 aliphatic rings. The van der Waals surface area contributed by atoms with E-state index in [1.54, 1.807) is 6.07 Å². The number of nitriles is 1. The van der Waals surface area contributed by atoms with Crippen LogP contribution in [0.1, 0.15) is 32.3 Å². The van der Waals surface area contributed by atoms with Gasteiger partial charge in [-0.15, -0.1) is 0 Å². The Morgan fingerprint density at radius 1 is 1.14 bits per heavy atom. The second kappa shape index (κ2) is 10.3. The maximum Gasteiger partial charge on any atom is 0.360 e. The van der Waals surface area contributed by atoms with E-state index in [2.05, 4.69) is 32.4 Å². The van der Waals surface area contributed by atoms with Gasteiger partial charge in [0.05, 0.1) is 11.6 Å². The lowest BCUT2D eigenvalue weighted by Crippen LogP contribution is -2.46. The fourth-order valence-corrected chi connectivity index (χ4v) is 4.92. The van der Waals surface area contributed by atoms with Crippen molar-refractivity contribution < 1.29 is 10.6 Å². The molecular formula is C28H31N5O3. The molecular weight excluding hydrogens is 454 g/mol. The molecule has 186 valence electrons. The summed E-state index contributed by atoms with van der Waals surface area (Å²) in [6, 6.07) is 15.5. The van der Waals surface area contributed by atoms with Crippen LogP contribution in [0.25, 0.3) is 21.9 Å². The number of aryl methyl sites for hydroxylation is 1. The monoisotopic (exact) mass is 485 g/mol. The Balaban J connectivity index is 0.00000320. The molecule has 1 fully saturated rings. The van der Waals surface area contributed by atoms with Crippen molar-refractivity contribution >= 4 is 39.2 Å². The second-order valence-electron chi connectivity index (χ2n) is 9.32. The molecule has 0 atom stereocenters. The first kappa shape index (κ1) is 23.6. The summed E-state index contributed by atoms with van der Waals surface area (Å²) in [6.07, 6.45) is 5.31. The average Bonchev–Trinajstić information content (AvgIpc) is 3.29. The number of nitrogens with one attached hydrogen (secondary N) is 2. The zero-order chi connectivity index (χ0) is 25.1. The lowest BCUT2D eigenvalue weighted by Gasteiger charge is -2.36. The number of unbranched alkanes of at least 4 members (excludes halogenated alkanes) is 1. The maximum atomic E-state index is 12.0. The van der Waals surface area contributed by atoms with Crippen molar-refractivity contribution in [1.82, 2.24) is 9.88 Å². The van der Waals surface area contributed by atoms with Crippen molar-refractivity contribution in [3.05, 3.63) is 70.2 Å². The van der Waals surface area contributed by atoms with Crippen LogP contribution in [-0.4, -0.2) is 48.5 Å². The number of aromatic amines is 1. The average molecular weight is 486 g/mol. The Bertz CT molecular complexity index is 1510. The predicted octanol–water partition coefficient (Wildman–Crippen LogP) is 4.50. The Labute approximate surface area is 210 Å². The van der Waals surface area contributed by atoms with Crippen LogP contribution in [0.5, 0.6) is 0 Å². The van der Waals surface area contributed by atoms with E-state index in [9.17, 15) is 14.9 Å². The fourth-order valence-electron chi connectivity index (χ4n) is 4.92. The van der Waals surface area contributed by atoms with Crippen LogP contribution in [0.2, 0.25) is 0 Å². The highest BCUT2D eigenvalue weighted by Crippen LogP contribution is 2.25. The first-order valence-corrected chi connectivity index (χ1v) is 12.3. The predicted molar refractivity (Wildman–Crippen MR) is 144 cm³/mol. The lowest BCUT2D eigenvalue weighted by atomic mass is 10.1. The van der Waals surface area contributed by atoms with Crippen LogP contribution in [-0.2, 0) is 11.2 Å². The van der Waals surface area contributed by atoms with E-state index in [0.29, 0.717) is 11.1 Å². The van der Waals surface area contributed by atoms with Gasteiger partial charge in [-0.05, 0) is 73.8 Å². The molecule has 1 aliphatic heterocycles. The summed E-state index contributed by atoms with van der Waals surface area (Å²) in [5.74, 6) is -0.302. The van der Waals surface area contributed by atoms with Gasteiger partial charge < -0.3 is 19.6 Å². The molecule has 5 rings (SSSR count). The van der Waals surface area contributed by atoms with Crippen LogP contribution in [0, 0.1) is 11.3 Å². The lowest BCUT2D eigenvalue weighted by molar-refractivity contribution is -0.114. The van der Waals surface area contributed by atoms with E-state index in [-0.39, 0.29) is 13.0 Å². The van der Waals surface area contributed by atoms with Crippen molar-refractivity contribution in [2.24, 2.45) is 0 Å². The number of aromatic nitrogens is 1. The zero-order valence-corrected chi connectivity index (χ0v) is 20.3. The van der Waals surface area contributed by atoms with Gasteiger partial charge in [0.25, 0.3) is 0 Å². The Hall–Kier alpha value is -4.09. The molecule has 2 aromatic heterocycles. The summed E-state index contributed by atoms with van der Waals surface area (Å²) < 4.78 is 5.36. The van der Waals surface area contributed by atoms with E-state index >= 15 is 0 Å². The molecule has 0 spiro atoms. The van der Waals surface area contributed by atoms with Crippen molar-refractivity contribution in [2.75, 3.05) is 42.9 Å². The standard InChI is InChI=1S/C28H29N5O3.H2/c1-19(34)31-26-16-22-15-23(6-8-27(22)36-28(26)35)33-12-10-32(11-13-33)9-3-2-4-21-18-30-25-7-5-20(17-29)14-24(21)25;/h5-8,14-16,18,30H,2-4,9-13H2,1H3,(H,31,34);1H. The van der Waals surface area contributed by atoms with Crippen LogP contribution < -0.4 is 15.8 Å². The Morgan fingerprint density at radius 3 is 2.75 bits per heavy atom. The topological polar surface area (TPSA) is 105 Å². The van der Waals surface area contributed by atoms with Crippen LogP contribution in [0.15, 0.2) is 57.9 Å². The van der Waals surface area contributed by atoms with Crippen molar-refractivity contribution in [3.8, 4) is 6.07 Å². The Morgan fingerprint density at radius 2 is 1.97 bits per heavy atom. The summed E-state index contributed by atoms with van der Waals surface area (Å²) in [4.78, 5) is 31.6. The highest BCUT2D eigenvalue weighted by molar-refractivity contribution is 5.91. The molecule has 4 aromatic rings. The first-order chi connectivity index (χ1) is 17.5. The largest absolute Gasteiger partial charge is 0.421 e. The van der Waals surface area contributed by atoms with Crippen molar-refractivity contribution in [3.63, 3.8) is 0 Å². The van der Waals surface area contributed by atoms with E-state index in [4.69, 9.17) is 4.42 Å². The number of carbonyl (C=O) groups excluding carboxylic acids is 1. The number of anilines is 2. The molecule has 0 saturated carbocycles. The van der Waals surface area contributed by atoms with E-state index in [1.807, 2.05) is 36.4 Å². The van der Waals surface area contributed by atoms with Crippen molar-refractivity contribution in [1.29, 1.82) is 5.26 Å². The summed E-state index contributed by atoms with van der Waals surface area (Å²) >= 11 is 0. The van der Waals surface area contributed by atoms with Crippen LogP contribution >= 0.6 is 0 Å². The summed E-state index contributed by atoms with van der Waals surface area (Å²) in [5.41, 5.74) is 4.27. The summed E-state index contributed by atoms with van der Waals surface area (Å²) in [7, 11) is 0. The second-order valence-corrected chi connectivity index (χ2v) is 9.32. The number of carbonyl (C=O) groups is 1. The molecule has 36 heavy (non-hydrogen) atoms. The number of H-pyrrole nitrogens is 1. The van der Waals surface area contributed by atoms with Gasteiger partial charge >= 0.3 is 5.63 Å². The number of rotatable bonds is 7. The molecule has 8 nitrogen and oxygen atoms in total.